The van der Waals surface area contributed by atoms with E-state index in [0.717, 1.165) is 11.5 Å². The van der Waals surface area contributed by atoms with Crippen LogP contribution in [0.5, 0.6) is 0 Å². The van der Waals surface area contributed by atoms with Gasteiger partial charge in [0.15, 0.2) is 11.0 Å². The van der Waals surface area contributed by atoms with E-state index in [1.165, 1.54) is 44.7 Å². The number of aromatic nitrogens is 3. The Hall–Kier alpha value is -2.30. The standard InChI is InChI=1S/C12H11F2N3OS2.C5H11N.C5H5N/c13-12(14)5-1-2-8-3-4-9(6-10(8)12)20(18)17-11-15-7-16-19-11;2*1-2-4-6-5-3-1/h3-4,6-7H,1-2,5H2,(H,15,16,17);6H,1-5H2;1-5H. The third kappa shape index (κ3) is 7.68. The van der Waals surface area contributed by atoms with Gasteiger partial charge in [-0.15, -0.1) is 0 Å². The monoisotopic (exact) mass is 479 g/mol. The lowest BCUT2D eigenvalue weighted by Crippen LogP contribution is -2.21. The molecular weight excluding hydrogens is 452 g/mol. The van der Waals surface area contributed by atoms with Crippen LogP contribution < -0.4 is 10.0 Å². The molecule has 5 rings (SSSR count). The number of fused-ring (bicyclic) bond motifs is 1. The van der Waals surface area contributed by atoms with Crippen LogP contribution in [0.1, 0.15) is 43.2 Å². The zero-order valence-electron chi connectivity index (χ0n) is 17.7. The molecule has 2 N–H and O–H groups in total. The molecule has 2 aliphatic rings. The lowest BCUT2D eigenvalue weighted by molar-refractivity contribution is -0.0218. The topological polar surface area (TPSA) is 79.8 Å². The molecule has 10 heteroatoms. The summed E-state index contributed by atoms with van der Waals surface area (Å²) in [6.07, 6.45) is 10.0. The van der Waals surface area contributed by atoms with Crippen molar-refractivity contribution in [2.45, 2.75) is 49.3 Å². The van der Waals surface area contributed by atoms with Crippen molar-refractivity contribution in [1.82, 2.24) is 19.7 Å². The van der Waals surface area contributed by atoms with Crippen LogP contribution in [0.25, 0.3) is 0 Å². The fourth-order valence-electron chi connectivity index (χ4n) is 3.34. The summed E-state index contributed by atoms with van der Waals surface area (Å²) in [5.74, 6) is -2.84. The maximum Gasteiger partial charge on any atom is 0.273 e. The summed E-state index contributed by atoms with van der Waals surface area (Å²) in [4.78, 5) is 7.96. The second kappa shape index (κ2) is 12.7. The van der Waals surface area contributed by atoms with Crippen molar-refractivity contribution >= 4 is 27.6 Å². The van der Waals surface area contributed by atoms with Gasteiger partial charge in [-0.25, -0.2) is 18.0 Å². The molecule has 0 radical (unpaired) electrons. The quantitative estimate of drug-likeness (QED) is 0.556. The predicted molar refractivity (Wildman–Crippen MR) is 124 cm³/mol. The van der Waals surface area contributed by atoms with Crippen LogP contribution in [-0.4, -0.2) is 31.6 Å². The number of aryl methyl sites for hydroxylation is 1. The highest BCUT2D eigenvalue weighted by Gasteiger charge is 2.36. The van der Waals surface area contributed by atoms with Gasteiger partial charge in [0.1, 0.15) is 6.33 Å². The van der Waals surface area contributed by atoms with Crippen LogP contribution in [-0.2, 0) is 23.3 Å². The number of pyridine rings is 1. The van der Waals surface area contributed by atoms with Crippen LogP contribution in [0.4, 0.5) is 13.9 Å². The molecule has 3 heterocycles. The first-order chi connectivity index (χ1) is 15.6. The van der Waals surface area contributed by atoms with E-state index in [9.17, 15) is 13.0 Å². The third-order valence-corrected chi connectivity index (χ3v) is 6.71. The van der Waals surface area contributed by atoms with E-state index in [1.54, 1.807) is 24.5 Å². The van der Waals surface area contributed by atoms with Crippen molar-refractivity contribution in [3.05, 3.63) is 66.2 Å². The maximum absolute atomic E-state index is 13.9. The molecule has 6 nitrogen and oxygen atoms in total. The van der Waals surface area contributed by atoms with Crippen LogP contribution in [0.2, 0.25) is 0 Å². The highest BCUT2D eigenvalue weighted by Crippen LogP contribution is 2.40. The van der Waals surface area contributed by atoms with Crippen LogP contribution in [0.15, 0.2) is 60.0 Å². The highest BCUT2D eigenvalue weighted by atomic mass is 32.2. The number of rotatable bonds is 3. The van der Waals surface area contributed by atoms with E-state index in [4.69, 9.17) is 0 Å². The lowest BCUT2D eigenvalue weighted by Gasteiger charge is -2.25. The van der Waals surface area contributed by atoms with Gasteiger partial charge in [-0.05, 0) is 68.6 Å². The Morgan fingerprint density at radius 3 is 2.38 bits per heavy atom. The summed E-state index contributed by atoms with van der Waals surface area (Å²) in [5, 5.41) is 3.68. The summed E-state index contributed by atoms with van der Waals surface area (Å²) in [7, 11) is -1.62. The molecule has 0 amide bonds. The number of nitrogens with zero attached hydrogens (tertiary/aromatic N) is 3. The Morgan fingerprint density at radius 1 is 1.06 bits per heavy atom. The Bertz CT molecular complexity index is 916. The number of alkyl halides is 2. The number of anilines is 1. The minimum atomic E-state index is -2.84. The van der Waals surface area contributed by atoms with Crippen LogP contribution >= 0.6 is 11.5 Å². The molecule has 1 atom stereocenters. The Morgan fingerprint density at radius 2 is 1.84 bits per heavy atom. The van der Waals surface area contributed by atoms with Crippen molar-refractivity contribution in [2.75, 3.05) is 17.8 Å². The maximum atomic E-state index is 13.9. The van der Waals surface area contributed by atoms with Crippen LogP contribution in [0.3, 0.4) is 0 Å². The van der Waals surface area contributed by atoms with Gasteiger partial charge < -0.3 is 5.32 Å². The molecule has 3 aromatic rings. The van der Waals surface area contributed by atoms with Gasteiger partial charge >= 0.3 is 0 Å². The van der Waals surface area contributed by atoms with E-state index >= 15 is 0 Å². The van der Waals surface area contributed by atoms with Crippen LogP contribution in [0, 0.1) is 0 Å². The van der Waals surface area contributed by atoms with Crippen molar-refractivity contribution in [3.63, 3.8) is 0 Å². The van der Waals surface area contributed by atoms with Crippen molar-refractivity contribution in [2.24, 2.45) is 0 Å². The van der Waals surface area contributed by atoms with Gasteiger partial charge in [-0.2, -0.15) is 4.37 Å². The average molecular weight is 480 g/mol. The minimum absolute atomic E-state index is 0.00587. The zero-order valence-corrected chi connectivity index (χ0v) is 19.3. The largest absolute Gasteiger partial charge is 0.317 e. The molecule has 0 spiro atoms. The number of nitrogens with one attached hydrogen (secondary N) is 2. The van der Waals surface area contributed by atoms with Gasteiger partial charge in [0.25, 0.3) is 5.92 Å². The normalized spacial score (nSPS) is 17.4. The number of hydrogen-bond donors (Lipinski definition) is 2. The fraction of sp³-hybridized carbons (Fsp3) is 0.409. The molecule has 1 fully saturated rings. The van der Waals surface area contributed by atoms with E-state index in [0.29, 0.717) is 28.4 Å². The minimum Gasteiger partial charge on any atom is -0.317 e. The summed E-state index contributed by atoms with van der Waals surface area (Å²) < 4.78 is 46.3. The van der Waals surface area contributed by atoms with E-state index < -0.39 is 16.9 Å². The molecule has 32 heavy (non-hydrogen) atoms. The number of halogens is 2. The molecule has 1 aliphatic carbocycles. The van der Waals surface area contributed by atoms with Crippen molar-refractivity contribution in [3.8, 4) is 0 Å². The molecule has 1 saturated heterocycles. The Kier molecular flexibility index (Phi) is 9.63. The predicted octanol–water partition coefficient (Wildman–Crippen LogP) is 4.94. The second-order valence-electron chi connectivity index (χ2n) is 7.33. The average Bonchev–Trinajstić information content (AvgIpc) is 3.35. The van der Waals surface area contributed by atoms with Gasteiger partial charge in [0, 0.05) is 35.9 Å². The highest BCUT2D eigenvalue weighted by molar-refractivity contribution is 7.86. The lowest BCUT2D eigenvalue weighted by atomic mass is 9.89. The first-order valence-corrected chi connectivity index (χ1v) is 12.5. The summed E-state index contributed by atoms with van der Waals surface area (Å²) in [6.45, 7) is 2.50. The van der Waals surface area contributed by atoms with E-state index in [-0.39, 0.29) is 12.0 Å². The first kappa shape index (κ1) is 24.3. The SMILES string of the molecule is C1CCNCC1.O=S(Nc1ncns1)c1ccc2c(c1)C(F)(F)CCC2.c1ccncc1. The van der Waals surface area contributed by atoms with Gasteiger partial charge in [0.2, 0.25) is 5.13 Å². The Labute approximate surface area is 193 Å². The van der Waals surface area contributed by atoms with E-state index in [2.05, 4.69) is 24.4 Å². The van der Waals surface area contributed by atoms with Crippen molar-refractivity contribution in [1.29, 1.82) is 0 Å². The summed E-state index contributed by atoms with van der Waals surface area (Å²) in [5.41, 5.74) is 0.631. The van der Waals surface area contributed by atoms with Gasteiger partial charge in [-0.1, -0.05) is 18.6 Å². The molecule has 1 unspecified atom stereocenters. The fourth-order valence-corrected chi connectivity index (χ4v) is 4.75. The third-order valence-electron chi connectivity index (χ3n) is 4.94. The number of piperidine rings is 1. The molecule has 172 valence electrons. The second-order valence-corrected chi connectivity index (χ2v) is 9.32. The Balaban J connectivity index is 0.000000195. The number of benzene rings is 1. The molecule has 2 aromatic heterocycles. The van der Waals surface area contributed by atoms with E-state index in [1.807, 2.05) is 18.2 Å². The molecule has 0 saturated carbocycles. The molecule has 1 aliphatic heterocycles. The zero-order chi connectivity index (χ0) is 22.7. The summed E-state index contributed by atoms with van der Waals surface area (Å²) >= 11 is 1.06. The van der Waals surface area contributed by atoms with Gasteiger partial charge in [-0.3, -0.25) is 9.71 Å². The summed E-state index contributed by atoms with van der Waals surface area (Å²) in [6, 6.07) is 10.3. The number of hydrogen-bond acceptors (Lipinski definition) is 6. The first-order valence-electron chi connectivity index (χ1n) is 10.6. The van der Waals surface area contributed by atoms with Crippen molar-refractivity contribution < 1.29 is 13.0 Å². The van der Waals surface area contributed by atoms with Gasteiger partial charge in [0.05, 0.1) is 4.90 Å². The molecular formula is C22H27F2N5OS2. The molecule has 0 bridgehead atoms. The molecule has 1 aromatic carbocycles. The smallest absolute Gasteiger partial charge is 0.273 e.